The summed E-state index contributed by atoms with van der Waals surface area (Å²) < 4.78 is 11.1. The summed E-state index contributed by atoms with van der Waals surface area (Å²) in [4.78, 5) is 17.0. The van der Waals surface area contributed by atoms with Crippen LogP contribution in [-0.2, 0) is 0 Å². The van der Waals surface area contributed by atoms with Gasteiger partial charge in [0.15, 0.2) is 17.3 Å². The second-order valence-corrected chi connectivity index (χ2v) is 5.81. The fourth-order valence-corrected chi connectivity index (χ4v) is 2.60. The van der Waals surface area contributed by atoms with E-state index in [1.54, 1.807) is 18.2 Å². The predicted molar refractivity (Wildman–Crippen MR) is 103 cm³/mol. The van der Waals surface area contributed by atoms with Crippen molar-refractivity contribution in [2.75, 3.05) is 18.5 Å². The van der Waals surface area contributed by atoms with Crippen LogP contribution in [0.2, 0.25) is 0 Å². The molecule has 140 valence electrons. The number of aryl methyl sites for hydroxylation is 1. The maximum absolute atomic E-state index is 12.6. The van der Waals surface area contributed by atoms with Crippen molar-refractivity contribution < 1.29 is 14.3 Å². The van der Waals surface area contributed by atoms with E-state index in [4.69, 9.17) is 9.47 Å². The summed E-state index contributed by atoms with van der Waals surface area (Å²) in [6.07, 6.45) is 0. The molecule has 7 heteroatoms. The van der Waals surface area contributed by atoms with Crippen molar-refractivity contribution in [1.29, 1.82) is 0 Å². The minimum absolute atomic E-state index is 0.234. The van der Waals surface area contributed by atoms with Gasteiger partial charge in [0.05, 0.1) is 13.2 Å². The maximum atomic E-state index is 12.6. The van der Waals surface area contributed by atoms with Crippen LogP contribution < -0.4 is 14.8 Å². The van der Waals surface area contributed by atoms with Crippen LogP contribution in [0.15, 0.2) is 42.5 Å². The molecule has 0 aliphatic rings. The number of aromatic amines is 1. The van der Waals surface area contributed by atoms with Gasteiger partial charge < -0.3 is 14.8 Å². The molecule has 27 heavy (non-hydrogen) atoms. The second-order valence-electron chi connectivity index (χ2n) is 5.81. The van der Waals surface area contributed by atoms with E-state index in [0.717, 1.165) is 11.4 Å². The van der Waals surface area contributed by atoms with E-state index in [-0.39, 0.29) is 5.91 Å². The van der Waals surface area contributed by atoms with Gasteiger partial charge in [0, 0.05) is 16.8 Å². The minimum Gasteiger partial charge on any atom is -0.490 e. The highest BCUT2D eigenvalue weighted by Crippen LogP contribution is 2.29. The Bertz CT molecular complexity index is 936. The quantitative estimate of drug-likeness (QED) is 0.663. The molecule has 0 radical (unpaired) electrons. The Kier molecular flexibility index (Phi) is 5.71. The molecular weight excluding hydrogens is 344 g/mol. The van der Waals surface area contributed by atoms with Crippen molar-refractivity contribution in [3.63, 3.8) is 0 Å². The molecule has 0 saturated heterocycles. The number of aromatic nitrogens is 3. The summed E-state index contributed by atoms with van der Waals surface area (Å²) in [7, 11) is 0. The lowest BCUT2D eigenvalue weighted by Gasteiger charge is -2.12. The van der Waals surface area contributed by atoms with Crippen LogP contribution in [0.25, 0.3) is 11.4 Å². The van der Waals surface area contributed by atoms with Crippen molar-refractivity contribution in [1.82, 2.24) is 15.2 Å². The SMILES string of the molecule is CCOc1ccc(C(=O)Nc2cccc(-c3n[nH]c(C)n3)c2)cc1OCC. The third-order valence-electron chi connectivity index (χ3n) is 3.78. The molecule has 0 fully saturated rings. The number of nitrogens with one attached hydrogen (secondary N) is 2. The number of carbonyl (C=O) groups is 1. The average Bonchev–Trinajstić information content (AvgIpc) is 3.10. The molecule has 1 amide bonds. The number of anilines is 1. The first-order chi connectivity index (χ1) is 13.1. The van der Waals surface area contributed by atoms with Gasteiger partial charge >= 0.3 is 0 Å². The highest BCUT2D eigenvalue weighted by Gasteiger charge is 2.13. The zero-order valence-corrected chi connectivity index (χ0v) is 15.6. The Morgan fingerprint density at radius 2 is 1.85 bits per heavy atom. The fraction of sp³-hybridized carbons (Fsp3) is 0.250. The lowest BCUT2D eigenvalue weighted by molar-refractivity contribution is 0.102. The van der Waals surface area contributed by atoms with Crippen LogP contribution in [0.3, 0.4) is 0 Å². The molecule has 3 rings (SSSR count). The van der Waals surface area contributed by atoms with Crippen molar-refractivity contribution in [3.05, 3.63) is 53.9 Å². The van der Waals surface area contributed by atoms with E-state index in [0.29, 0.717) is 41.8 Å². The summed E-state index contributed by atoms with van der Waals surface area (Å²) in [5.74, 6) is 2.26. The maximum Gasteiger partial charge on any atom is 0.255 e. The lowest BCUT2D eigenvalue weighted by Crippen LogP contribution is -2.12. The zero-order valence-electron chi connectivity index (χ0n) is 15.6. The topological polar surface area (TPSA) is 89.1 Å². The first kappa shape index (κ1) is 18.4. The van der Waals surface area contributed by atoms with E-state index >= 15 is 0 Å². The normalized spacial score (nSPS) is 10.5. The molecule has 0 unspecified atom stereocenters. The van der Waals surface area contributed by atoms with E-state index in [1.807, 2.05) is 45.0 Å². The lowest BCUT2D eigenvalue weighted by atomic mass is 10.1. The number of benzene rings is 2. The second kappa shape index (κ2) is 8.35. The van der Waals surface area contributed by atoms with Gasteiger partial charge in [-0.25, -0.2) is 4.98 Å². The Labute approximate surface area is 157 Å². The number of rotatable bonds is 7. The zero-order chi connectivity index (χ0) is 19.2. The van der Waals surface area contributed by atoms with Gasteiger partial charge in [-0.3, -0.25) is 9.89 Å². The summed E-state index contributed by atoms with van der Waals surface area (Å²) in [6, 6.07) is 12.5. The summed E-state index contributed by atoms with van der Waals surface area (Å²) in [6.45, 7) is 6.64. The number of nitrogens with zero attached hydrogens (tertiary/aromatic N) is 2. The number of carbonyl (C=O) groups excluding carboxylic acids is 1. The molecule has 0 saturated carbocycles. The Morgan fingerprint density at radius 1 is 1.07 bits per heavy atom. The van der Waals surface area contributed by atoms with E-state index < -0.39 is 0 Å². The van der Waals surface area contributed by atoms with E-state index in [2.05, 4.69) is 20.5 Å². The highest BCUT2D eigenvalue weighted by molar-refractivity contribution is 6.04. The van der Waals surface area contributed by atoms with E-state index in [1.165, 1.54) is 0 Å². The van der Waals surface area contributed by atoms with Crippen LogP contribution in [-0.4, -0.2) is 34.3 Å². The average molecular weight is 366 g/mol. The molecule has 2 N–H and O–H groups in total. The van der Waals surface area contributed by atoms with Gasteiger partial charge in [-0.2, -0.15) is 5.10 Å². The van der Waals surface area contributed by atoms with Crippen molar-refractivity contribution in [2.24, 2.45) is 0 Å². The summed E-state index contributed by atoms with van der Waals surface area (Å²) in [5, 5.41) is 9.85. The van der Waals surface area contributed by atoms with Crippen LogP contribution >= 0.6 is 0 Å². The van der Waals surface area contributed by atoms with Crippen LogP contribution in [0.4, 0.5) is 5.69 Å². The van der Waals surface area contributed by atoms with Gasteiger partial charge in [-0.15, -0.1) is 0 Å². The molecule has 7 nitrogen and oxygen atoms in total. The molecule has 0 aliphatic heterocycles. The summed E-state index contributed by atoms with van der Waals surface area (Å²) in [5.41, 5.74) is 1.96. The van der Waals surface area contributed by atoms with Gasteiger partial charge in [0.1, 0.15) is 5.82 Å². The number of H-pyrrole nitrogens is 1. The van der Waals surface area contributed by atoms with Crippen LogP contribution in [0.5, 0.6) is 11.5 Å². The predicted octanol–water partition coefficient (Wildman–Crippen LogP) is 3.83. The highest BCUT2D eigenvalue weighted by atomic mass is 16.5. The first-order valence-corrected chi connectivity index (χ1v) is 8.81. The van der Waals surface area contributed by atoms with Gasteiger partial charge in [0.2, 0.25) is 0 Å². The standard InChI is InChI=1S/C20H22N4O3/c1-4-26-17-10-9-15(12-18(17)27-5-2)20(25)22-16-8-6-7-14(11-16)19-21-13(3)23-24-19/h6-12H,4-5H2,1-3H3,(H,22,25)(H,21,23,24). The van der Waals surface area contributed by atoms with Gasteiger partial charge in [-0.1, -0.05) is 12.1 Å². The third kappa shape index (κ3) is 4.44. The molecule has 3 aromatic rings. The van der Waals surface area contributed by atoms with Gasteiger partial charge in [0.25, 0.3) is 5.91 Å². The fourth-order valence-electron chi connectivity index (χ4n) is 2.60. The van der Waals surface area contributed by atoms with Crippen molar-refractivity contribution in [3.8, 4) is 22.9 Å². The molecule has 1 heterocycles. The number of hydrogen-bond acceptors (Lipinski definition) is 5. The summed E-state index contributed by atoms with van der Waals surface area (Å²) >= 11 is 0. The number of ether oxygens (including phenoxy) is 2. The molecule has 0 spiro atoms. The monoisotopic (exact) mass is 366 g/mol. The molecule has 0 atom stereocenters. The Hall–Kier alpha value is -3.35. The van der Waals surface area contributed by atoms with Crippen molar-refractivity contribution in [2.45, 2.75) is 20.8 Å². The Balaban J connectivity index is 1.80. The van der Waals surface area contributed by atoms with Crippen LogP contribution in [0, 0.1) is 6.92 Å². The number of hydrogen-bond donors (Lipinski definition) is 2. The molecule has 0 bridgehead atoms. The molecule has 0 aliphatic carbocycles. The minimum atomic E-state index is -0.234. The van der Waals surface area contributed by atoms with Crippen molar-refractivity contribution >= 4 is 11.6 Å². The molecule has 2 aromatic carbocycles. The first-order valence-electron chi connectivity index (χ1n) is 8.81. The van der Waals surface area contributed by atoms with Gasteiger partial charge in [-0.05, 0) is 51.1 Å². The Morgan fingerprint density at radius 3 is 2.56 bits per heavy atom. The third-order valence-corrected chi connectivity index (χ3v) is 3.78. The number of amides is 1. The van der Waals surface area contributed by atoms with Crippen LogP contribution in [0.1, 0.15) is 30.0 Å². The molecular formula is C20H22N4O3. The molecule has 1 aromatic heterocycles. The smallest absolute Gasteiger partial charge is 0.255 e. The largest absolute Gasteiger partial charge is 0.490 e. The van der Waals surface area contributed by atoms with E-state index in [9.17, 15) is 4.79 Å².